The number of imidazole rings is 1. The summed E-state index contributed by atoms with van der Waals surface area (Å²) in [6.45, 7) is -0.0820. The maximum atomic E-state index is 12.0. The lowest BCUT2D eigenvalue weighted by molar-refractivity contribution is -0.118. The van der Waals surface area contributed by atoms with Gasteiger partial charge in [-0.25, -0.2) is 4.98 Å². The number of rotatable bonds is 4. The van der Waals surface area contributed by atoms with Crippen LogP contribution in [0.4, 0.5) is 5.95 Å². The van der Waals surface area contributed by atoms with Crippen molar-refractivity contribution < 1.29 is 9.53 Å². The number of fused-ring (bicyclic) bond motifs is 2. The first-order valence-electron chi connectivity index (χ1n) is 7.23. The van der Waals surface area contributed by atoms with Crippen molar-refractivity contribution in [3.63, 3.8) is 0 Å². The number of nitrogens with one attached hydrogen (secondary N) is 3. The van der Waals surface area contributed by atoms with E-state index in [0.29, 0.717) is 11.7 Å². The molecule has 0 aliphatic heterocycles. The molecule has 6 nitrogen and oxygen atoms in total. The highest BCUT2D eigenvalue weighted by Gasteiger charge is 2.09. The summed E-state index contributed by atoms with van der Waals surface area (Å²) in [5, 5.41) is 3.65. The summed E-state index contributed by atoms with van der Waals surface area (Å²) < 4.78 is 5.61. The molecule has 0 unspecified atom stereocenters. The van der Waals surface area contributed by atoms with Crippen LogP contribution in [0.15, 0.2) is 54.7 Å². The van der Waals surface area contributed by atoms with Gasteiger partial charge in [0, 0.05) is 17.1 Å². The summed E-state index contributed by atoms with van der Waals surface area (Å²) in [6.07, 6.45) is 1.84. The number of carbonyl (C=O) groups is 1. The largest absolute Gasteiger partial charge is 0.483 e. The summed E-state index contributed by atoms with van der Waals surface area (Å²) in [6, 6.07) is 15.2. The molecule has 0 saturated heterocycles. The number of aromatic amines is 2. The van der Waals surface area contributed by atoms with E-state index in [-0.39, 0.29) is 12.5 Å². The molecule has 1 amide bonds. The topological polar surface area (TPSA) is 82.8 Å². The molecule has 0 saturated carbocycles. The van der Waals surface area contributed by atoms with Gasteiger partial charge in [-0.3, -0.25) is 10.1 Å². The minimum Gasteiger partial charge on any atom is -0.483 e. The molecule has 2 heterocycles. The van der Waals surface area contributed by atoms with Crippen molar-refractivity contribution in [3.05, 3.63) is 54.7 Å². The maximum Gasteiger partial charge on any atom is 0.264 e. The molecular weight excluding hydrogens is 292 g/mol. The van der Waals surface area contributed by atoms with Crippen LogP contribution in [0.5, 0.6) is 5.75 Å². The molecule has 2 aromatic heterocycles. The van der Waals surface area contributed by atoms with Crippen LogP contribution in [0, 0.1) is 0 Å². The van der Waals surface area contributed by atoms with E-state index < -0.39 is 0 Å². The van der Waals surface area contributed by atoms with Gasteiger partial charge in [0.15, 0.2) is 6.61 Å². The van der Waals surface area contributed by atoms with Crippen molar-refractivity contribution in [2.75, 3.05) is 11.9 Å². The highest BCUT2D eigenvalue weighted by Crippen LogP contribution is 2.24. The monoisotopic (exact) mass is 306 g/mol. The van der Waals surface area contributed by atoms with Gasteiger partial charge in [0.25, 0.3) is 5.91 Å². The van der Waals surface area contributed by atoms with Crippen molar-refractivity contribution in [2.24, 2.45) is 0 Å². The molecule has 0 radical (unpaired) electrons. The smallest absolute Gasteiger partial charge is 0.264 e. The number of benzene rings is 2. The first kappa shape index (κ1) is 13.4. The van der Waals surface area contributed by atoms with Gasteiger partial charge in [-0.1, -0.05) is 18.2 Å². The van der Waals surface area contributed by atoms with E-state index in [2.05, 4.69) is 20.3 Å². The fourth-order valence-corrected chi connectivity index (χ4v) is 2.51. The zero-order valence-corrected chi connectivity index (χ0v) is 12.2. The molecule has 0 aliphatic carbocycles. The van der Waals surface area contributed by atoms with Crippen LogP contribution in [0.1, 0.15) is 0 Å². The van der Waals surface area contributed by atoms with Crippen LogP contribution >= 0.6 is 0 Å². The van der Waals surface area contributed by atoms with Gasteiger partial charge < -0.3 is 14.7 Å². The first-order chi connectivity index (χ1) is 11.3. The fourth-order valence-electron chi connectivity index (χ4n) is 2.51. The van der Waals surface area contributed by atoms with E-state index in [0.717, 1.165) is 21.9 Å². The minimum atomic E-state index is -0.267. The number of ether oxygens (including phenoxy) is 1. The normalized spacial score (nSPS) is 11.0. The number of nitrogens with zero attached hydrogens (tertiary/aromatic N) is 1. The number of para-hydroxylation sites is 2. The van der Waals surface area contributed by atoms with E-state index in [9.17, 15) is 4.79 Å². The van der Waals surface area contributed by atoms with Gasteiger partial charge in [-0.05, 0) is 30.3 Å². The molecule has 0 atom stereocenters. The van der Waals surface area contributed by atoms with Crippen LogP contribution in [0.2, 0.25) is 0 Å². The van der Waals surface area contributed by atoms with E-state index in [1.54, 1.807) is 0 Å². The summed E-state index contributed by atoms with van der Waals surface area (Å²) in [4.78, 5) is 22.5. The first-order valence-corrected chi connectivity index (χ1v) is 7.23. The minimum absolute atomic E-state index is 0.0820. The molecule has 0 fully saturated rings. The lowest BCUT2D eigenvalue weighted by Crippen LogP contribution is -2.20. The van der Waals surface area contributed by atoms with Gasteiger partial charge in [0.1, 0.15) is 5.75 Å². The molecule has 3 N–H and O–H groups in total. The SMILES string of the molecule is O=C(COc1cccc2[nH]ccc12)Nc1nc2ccccc2[nH]1. The van der Waals surface area contributed by atoms with E-state index in [1.165, 1.54) is 0 Å². The van der Waals surface area contributed by atoms with Crippen LogP contribution in [0.3, 0.4) is 0 Å². The number of carbonyl (C=O) groups excluding carboxylic acids is 1. The second kappa shape index (κ2) is 5.49. The van der Waals surface area contributed by atoms with E-state index >= 15 is 0 Å². The van der Waals surface area contributed by atoms with Crippen LogP contribution in [-0.2, 0) is 4.79 Å². The van der Waals surface area contributed by atoms with Crippen molar-refractivity contribution in [1.29, 1.82) is 0 Å². The molecule has 0 aliphatic rings. The fraction of sp³-hybridized carbons (Fsp3) is 0.0588. The Morgan fingerprint density at radius 2 is 1.96 bits per heavy atom. The van der Waals surface area contributed by atoms with E-state index in [1.807, 2.05) is 54.7 Å². The molecule has 6 heteroatoms. The summed E-state index contributed by atoms with van der Waals surface area (Å²) in [5.41, 5.74) is 2.65. The molecule has 23 heavy (non-hydrogen) atoms. The lowest BCUT2D eigenvalue weighted by atomic mass is 10.2. The zero-order valence-electron chi connectivity index (χ0n) is 12.2. The number of aromatic nitrogens is 3. The quantitative estimate of drug-likeness (QED) is 0.542. The number of amides is 1. The Hall–Kier alpha value is -3.28. The molecule has 0 spiro atoms. The Morgan fingerprint density at radius 3 is 2.87 bits per heavy atom. The van der Waals surface area contributed by atoms with Crippen molar-refractivity contribution in [1.82, 2.24) is 15.0 Å². The predicted octanol–water partition coefficient (Wildman–Crippen LogP) is 3.06. The Kier molecular flexibility index (Phi) is 3.20. The Bertz CT molecular complexity index is 953. The molecule has 114 valence electrons. The van der Waals surface area contributed by atoms with Crippen LogP contribution in [0.25, 0.3) is 21.9 Å². The van der Waals surface area contributed by atoms with E-state index in [4.69, 9.17) is 4.74 Å². The standard InChI is InChI=1S/C17H14N4O2/c22-16(21-17-19-13-4-1-2-5-14(13)20-17)10-23-15-7-3-6-12-11(15)8-9-18-12/h1-9,18H,10H2,(H2,19,20,21,22). The lowest BCUT2D eigenvalue weighted by Gasteiger charge is -2.07. The summed E-state index contributed by atoms with van der Waals surface area (Å²) in [7, 11) is 0. The average Bonchev–Trinajstić information content (AvgIpc) is 3.18. The third-order valence-corrected chi connectivity index (χ3v) is 3.56. The van der Waals surface area contributed by atoms with Crippen LogP contribution in [-0.4, -0.2) is 27.5 Å². The van der Waals surface area contributed by atoms with Gasteiger partial charge >= 0.3 is 0 Å². The highest BCUT2D eigenvalue weighted by molar-refractivity contribution is 5.92. The Labute approximate surface area is 131 Å². The third kappa shape index (κ3) is 2.62. The number of hydrogen-bond donors (Lipinski definition) is 3. The molecule has 4 rings (SSSR count). The Balaban J connectivity index is 1.45. The predicted molar refractivity (Wildman–Crippen MR) is 88.5 cm³/mol. The zero-order chi connectivity index (χ0) is 15.6. The van der Waals surface area contributed by atoms with Gasteiger partial charge in [-0.15, -0.1) is 0 Å². The van der Waals surface area contributed by atoms with Crippen molar-refractivity contribution >= 4 is 33.8 Å². The number of hydrogen-bond acceptors (Lipinski definition) is 3. The maximum absolute atomic E-state index is 12.0. The average molecular weight is 306 g/mol. The molecular formula is C17H14N4O2. The highest BCUT2D eigenvalue weighted by atomic mass is 16.5. The number of H-pyrrole nitrogens is 2. The molecule has 0 bridgehead atoms. The molecule has 2 aromatic carbocycles. The Morgan fingerprint density at radius 1 is 1.09 bits per heavy atom. The van der Waals surface area contributed by atoms with Crippen molar-refractivity contribution in [3.8, 4) is 5.75 Å². The third-order valence-electron chi connectivity index (χ3n) is 3.56. The molecule has 4 aromatic rings. The number of anilines is 1. The summed E-state index contributed by atoms with van der Waals surface area (Å²) in [5.74, 6) is 0.819. The van der Waals surface area contributed by atoms with Crippen LogP contribution < -0.4 is 10.1 Å². The summed E-state index contributed by atoms with van der Waals surface area (Å²) >= 11 is 0. The van der Waals surface area contributed by atoms with Gasteiger partial charge in [-0.2, -0.15) is 0 Å². The van der Waals surface area contributed by atoms with Gasteiger partial charge in [0.2, 0.25) is 5.95 Å². The second-order valence-electron chi connectivity index (χ2n) is 5.13. The van der Waals surface area contributed by atoms with Gasteiger partial charge in [0.05, 0.1) is 11.0 Å². The van der Waals surface area contributed by atoms with Crippen molar-refractivity contribution in [2.45, 2.75) is 0 Å². The second-order valence-corrected chi connectivity index (χ2v) is 5.13.